The summed E-state index contributed by atoms with van der Waals surface area (Å²) in [7, 11) is 0. The van der Waals surface area contributed by atoms with Gasteiger partial charge in [-0.15, -0.1) is 11.3 Å². The van der Waals surface area contributed by atoms with Crippen LogP contribution in [-0.4, -0.2) is 20.3 Å². The van der Waals surface area contributed by atoms with Crippen molar-refractivity contribution in [3.8, 4) is 11.3 Å². The summed E-state index contributed by atoms with van der Waals surface area (Å²) in [6.45, 7) is 0.00295. The van der Waals surface area contributed by atoms with Gasteiger partial charge in [0.25, 0.3) is 0 Å². The average molecular weight is 350 g/mol. The van der Waals surface area contributed by atoms with Crippen molar-refractivity contribution in [2.24, 2.45) is 0 Å². The number of carbonyl (C=O) groups excluding carboxylic acids is 1. The van der Waals surface area contributed by atoms with Crippen LogP contribution in [0.5, 0.6) is 0 Å². The van der Waals surface area contributed by atoms with Crippen molar-refractivity contribution in [2.45, 2.75) is 6.61 Å². The number of nitrogens with zero attached hydrogens (tertiary/aromatic N) is 2. The molecule has 0 amide bonds. The van der Waals surface area contributed by atoms with E-state index in [0.29, 0.717) is 5.76 Å². The number of thiazole rings is 1. The summed E-state index contributed by atoms with van der Waals surface area (Å²) in [5.74, 6) is 0.105. The van der Waals surface area contributed by atoms with Crippen molar-refractivity contribution in [3.63, 3.8) is 0 Å². The average Bonchev–Trinajstić information content (AvgIpc) is 3.37. The lowest BCUT2D eigenvalue weighted by Crippen LogP contribution is -1.92. The standard InChI is InChI=1S/C19H14N2O3S/c22-12-13-3-5-14(6-4-13)18-15(21-9-11-25-19(21)20-18)7-8-16(23)17-2-1-10-24-17/h1-11,22H,12H2. The van der Waals surface area contributed by atoms with Crippen LogP contribution in [0.1, 0.15) is 21.8 Å². The van der Waals surface area contributed by atoms with E-state index in [0.717, 1.165) is 27.5 Å². The van der Waals surface area contributed by atoms with E-state index in [2.05, 4.69) is 4.98 Å². The van der Waals surface area contributed by atoms with E-state index >= 15 is 0 Å². The van der Waals surface area contributed by atoms with Gasteiger partial charge in [-0.3, -0.25) is 9.20 Å². The molecular weight excluding hydrogens is 336 g/mol. The SMILES string of the molecule is O=C(C=Cc1c(-c2ccc(CO)cc2)nc2sccn12)c1ccco1. The summed E-state index contributed by atoms with van der Waals surface area (Å²) in [5.41, 5.74) is 3.39. The van der Waals surface area contributed by atoms with Crippen LogP contribution in [0.15, 0.2) is 64.7 Å². The zero-order chi connectivity index (χ0) is 17.2. The van der Waals surface area contributed by atoms with Crippen LogP contribution >= 0.6 is 11.3 Å². The van der Waals surface area contributed by atoms with E-state index < -0.39 is 0 Å². The van der Waals surface area contributed by atoms with Gasteiger partial charge in [-0.2, -0.15) is 0 Å². The number of hydrogen-bond acceptors (Lipinski definition) is 5. The van der Waals surface area contributed by atoms with Crippen LogP contribution in [0, 0.1) is 0 Å². The molecule has 25 heavy (non-hydrogen) atoms. The Labute approximate surface area is 147 Å². The number of aromatic nitrogens is 2. The second kappa shape index (κ2) is 6.51. The normalized spacial score (nSPS) is 11.6. The van der Waals surface area contributed by atoms with Gasteiger partial charge >= 0.3 is 0 Å². The highest BCUT2D eigenvalue weighted by Crippen LogP contribution is 2.28. The topological polar surface area (TPSA) is 67.7 Å². The van der Waals surface area contributed by atoms with E-state index in [-0.39, 0.29) is 12.4 Å². The maximum absolute atomic E-state index is 12.2. The zero-order valence-corrected chi connectivity index (χ0v) is 13.9. The highest BCUT2D eigenvalue weighted by Gasteiger charge is 2.14. The Bertz CT molecular complexity index is 1040. The molecule has 0 atom stereocenters. The molecule has 4 rings (SSSR count). The molecule has 3 aromatic heterocycles. The molecule has 0 aliphatic rings. The molecule has 3 heterocycles. The van der Waals surface area contributed by atoms with Gasteiger partial charge in [0.05, 0.1) is 24.3 Å². The summed E-state index contributed by atoms with van der Waals surface area (Å²) < 4.78 is 7.08. The lowest BCUT2D eigenvalue weighted by molar-refractivity contribution is 0.102. The number of ketones is 1. The van der Waals surface area contributed by atoms with Crippen LogP contribution in [0.2, 0.25) is 0 Å². The second-order valence-corrected chi connectivity index (χ2v) is 6.30. The van der Waals surface area contributed by atoms with Gasteiger partial charge in [0.1, 0.15) is 0 Å². The Hall–Kier alpha value is -2.96. The lowest BCUT2D eigenvalue weighted by Gasteiger charge is -2.02. The number of aliphatic hydroxyl groups is 1. The molecule has 4 aromatic rings. The van der Waals surface area contributed by atoms with E-state index in [1.807, 2.05) is 40.2 Å². The highest BCUT2D eigenvalue weighted by molar-refractivity contribution is 7.15. The predicted octanol–water partition coefficient (Wildman–Crippen LogP) is 4.04. The minimum Gasteiger partial charge on any atom is -0.461 e. The second-order valence-electron chi connectivity index (χ2n) is 5.43. The number of benzene rings is 1. The number of aliphatic hydroxyl groups excluding tert-OH is 1. The number of allylic oxidation sites excluding steroid dienone is 1. The largest absolute Gasteiger partial charge is 0.461 e. The minimum absolute atomic E-state index is 0.00295. The van der Waals surface area contributed by atoms with Gasteiger partial charge in [-0.25, -0.2) is 4.98 Å². The number of hydrogen-bond donors (Lipinski definition) is 1. The van der Waals surface area contributed by atoms with Gasteiger partial charge < -0.3 is 9.52 Å². The maximum atomic E-state index is 12.2. The number of imidazole rings is 1. The maximum Gasteiger partial charge on any atom is 0.221 e. The Balaban J connectivity index is 1.76. The van der Waals surface area contributed by atoms with Crippen LogP contribution in [-0.2, 0) is 6.61 Å². The third-order valence-corrected chi connectivity index (χ3v) is 4.62. The van der Waals surface area contributed by atoms with Gasteiger partial charge in [-0.1, -0.05) is 24.3 Å². The first-order valence-electron chi connectivity index (χ1n) is 7.68. The molecule has 5 nitrogen and oxygen atoms in total. The van der Waals surface area contributed by atoms with Gasteiger partial charge in [0, 0.05) is 17.1 Å². The van der Waals surface area contributed by atoms with Crippen LogP contribution in [0.4, 0.5) is 0 Å². The van der Waals surface area contributed by atoms with Crippen molar-refractivity contribution < 1.29 is 14.3 Å². The Morgan fingerprint density at radius 3 is 2.84 bits per heavy atom. The smallest absolute Gasteiger partial charge is 0.221 e. The molecule has 6 heteroatoms. The summed E-state index contributed by atoms with van der Waals surface area (Å²) in [5, 5.41) is 11.1. The number of furan rings is 1. The predicted molar refractivity (Wildman–Crippen MR) is 96.5 cm³/mol. The molecular formula is C19H14N2O3S. The first kappa shape index (κ1) is 15.6. The molecule has 0 aliphatic heterocycles. The van der Waals surface area contributed by atoms with Crippen molar-refractivity contribution in [1.29, 1.82) is 0 Å². The molecule has 0 saturated heterocycles. The molecule has 0 spiro atoms. The summed E-state index contributed by atoms with van der Waals surface area (Å²) in [6, 6.07) is 10.9. The number of carbonyl (C=O) groups is 1. The molecule has 0 aliphatic carbocycles. The van der Waals surface area contributed by atoms with Crippen LogP contribution < -0.4 is 0 Å². The molecule has 0 unspecified atom stereocenters. The van der Waals surface area contributed by atoms with Gasteiger partial charge in [0.15, 0.2) is 10.7 Å². The third-order valence-electron chi connectivity index (χ3n) is 3.87. The van der Waals surface area contributed by atoms with E-state index in [1.165, 1.54) is 23.7 Å². The Kier molecular flexibility index (Phi) is 4.05. The summed E-state index contributed by atoms with van der Waals surface area (Å²) in [6.07, 6.45) is 6.65. The van der Waals surface area contributed by atoms with Gasteiger partial charge in [0.2, 0.25) is 5.78 Å². The van der Waals surface area contributed by atoms with E-state index in [1.54, 1.807) is 18.2 Å². The van der Waals surface area contributed by atoms with Crippen molar-refractivity contribution in [2.75, 3.05) is 0 Å². The summed E-state index contributed by atoms with van der Waals surface area (Å²) in [4.78, 5) is 17.7. The molecule has 1 N–H and O–H groups in total. The first-order chi connectivity index (χ1) is 12.3. The third kappa shape index (κ3) is 2.93. The molecule has 0 saturated carbocycles. The Morgan fingerprint density at radius 1 is 1.28 bits per heavy atom. The fourth-order valence-electron chi connectivity index (χ4n) is 2.60. The number of rotatable bonds is 5. The summed E-state index contributed by atoms with van der Waals surface area (Å²) >= 11 is 1.53. The Morgan fingerprint density at radius 2 is 2.12 bits per heavy atom. The molecule has 124 valence electrons. The van der Waals surface area contributed by atoms with Crippen molar-refractivity contribution in [1.82, 2.24) is 9.38 Å². The fourth-order valence-corrected chi connectivity index (χ4v) is 3.32. The van der Waals surface area contributed by atoms with Gasteiger partial charge in [-0.05, 0) is 29.8 Å². The monoisotopic (exact) mass is 350 g/mol. The van der Waals surface area contributed by atoms with E-state index in [4.69, 9.17) is 4.42 Å². The molecule has 0 radical (unpaired) electrons. The molecule has 0 fully saturated rings. The lowest BCUT2D eigenvalue weighted by atomic mass is 10.1. The number of fused-ring (bicyclic) bond motifs is 1. The minimum atomic E-state index is -0.197. The quantitative estimate of drug-likeness (QED) is 0.436. The van der Waals surface area contributed by atoms with Crippen molar-refractivity contribution >= 4 is 28.2 Å². The van der Waals surface area contributed by atoms with E-state index in [9.17, 15) is 9.90 Å². The zero-order valence-electron chi connectivity index (χ0n) is 13.1. The van der Waals surface area contributed by atoms with Crippen LogP contribution in [0.3, 0.4) is 0 Å². The highest BCUT2D eigenvalue weighted by atomic mass is 32.1. The van der Waals surface area contributed by atoms with Crippen molar-refractivity contribution in [3.05, 3.63) is 77.3 Å². The first-order valence-corrected chi connectivity index (χ1v) is 8.56. The fraction of sp³-hybridized carbons (Fsp3) is 0.0526. The van der Waals surface area contributed by atoms with Crippen LogP contribution in [0.25, 0.3) is 22.3 Å². The molecule has 1 aromatic carbocycles. The molecule has 0 bridgehead atoms.